The van der Waals surface area contributed by atoms with Gasteiger partial charge in [0.1, 0.15) is 12.1 Å². The van der Waals surface area contributed by atoms with E-state index in [4.69, 9.17) is 0 Å². The Kier molecular flexibility index (Phi) is 6.32. The number of amides is 2. The minimum Gasteiger partial charge on any atom is -0.343 e. The summed E-state index contributed by atoms with van der Waals surface area (Å²) in [6.07, 6.45) is 6.45. The number of rotatable bonds is 7. The van der Waals surface area contributed by atoms with Gasteiger partial charge in [-0.25, -0.2) is 0 Å². The summed E-state index contributed by atoms with van der Waals surface area (Å²) < 4.78 is 0. The van der Waals surface area contributed by atoms with Gasteiger partial charge in [0, 0.05) is 6.04 Å². The fourth-order valence-corrected chi connectivity index (χ4v) is 2.73. The quantitative estimate of drug-likeness (QED) is 0.721. The van der Waals surface area contributed by atoms with Crippen molar-refractivity contribution in [2.45, 2.75) is 84.3 Å². The third-order valence-electron chi connectivity index (χ3n) is 4.02. The van der Waals surface area contributed by atoms with Crippen LogP contribution in [-0.4, -0.2) is 34.8 Å². The van der Waals surface area contributed by atoms with Crippen LogP contribution in [0.15, 0.2) is 0 Å². The Morgan fingerprint density at radius 1 is 1.21 bits per heavy atom. The maximum atomic E-state index is 12.4. The second-order valence-electron chi connectivity index (χ2n) is 5.59. The van der Waals surface area contributed by atoms with E-state index in [-0.39, 0.29) is 29.9 Å². The molecule has 1 fully saturated rings. The first-order valence-corrected chi connectivity index (χ1v) is 7.65. The lowest BCUT2D eigenvalue weighted by Crippen LogP contribution is -2.64. The lowest BCUT2D eigenvalue weighted by molar-refractivity contribution is -0.151. The van der Waals surface area contributed by atoms with Crippen molar-refractivity contribution in [3.8, 4) is 0 Å². The van der Waals surface area contributed by atoms with Crippen LogP contribution in [0, 0.1) is 0 Å². The highest BCUT2D eigenvalue weighted by atomic mass is 16.2. The molecule has 0 spiro atoms. The molecule has 0 aliphatic carbocycles. The number of nitrogens with zero attached hydrogens (tertiary/aromatic N) is 1. The van der Waals surface area contributed by atoms with E-state index in [0.717, 1.165) is 12.8 Å². The van der Waals surface area contributed by atoms with Gasteiger partial charge in [-0.3, -0.25) is 9.59 Å². The maximum Gasteiger partial charge on any atom is 0.246 e. The predicted molar refractivity (Wildman–Crippen MR) is 76.8 cm³/mol. The lowest BCUT2D eigenvalue weighted by Gasteiger charge is -2.41. The molecule has 110 valence electrons. The summed E-state index contributed by atoms with van der Waals surface area (Å²) in [7, 11) is 0. The number of unbranched alkanes of at least 4 members (excludes halogenated alkanes) is 3. The number of carbonyl (C=O) groups excluding carboxylic acids is 2. The van der Waals surface area contributed by atoms with E-state index in [1.807, 2.05) is 13.8 Å². The molecule has 1 aliphatic rings. The molecule has 4 nitrogen and oxygen atoms in total. The van der Waals surface area contributed by atoms with Crippen molar-refractivity contribution in [3.63, 3.8) is 0 Å². The van der Waals surface area contributed by atoms with Gasteiger partial charge in [-0.1, -0.05) is 39.5 Å². The van der Waals surface area contributed by atoms with Gasteiger partial charge in [-0.05, 0) is 26.7 Å². The highest BCUT2D eigenvalue weighted by molar-refractivity contribution is 5.96. The summed E-state index contributed by atoms with van der Waals surface area (Å²) >= 11 is 0. The molecule has 1 N–H and O–H groups in total. The molecule has 1 aliphatic heterocycles. The van der Waals surface area contributed by atoms with Crippen LogP contribution in [-0.2, 0) is 9.59 Å². The Balaban J connectivity index is 2.60. The molecule has 3 atom stereocenters. The van der Waals surface area contributed by atoms with Gasteiger partial charge in [-0.15, -0.1) is 0 Å². The monoisotopic (exact) mass is 268 g/mol. The topological polar surface area (TPSA) is 49.4 Å². The van der Waals surface area contributed by atoms with E-state index in [0.29, 0.717) is 6.42 Å². The average molecular weight is 268 g/mol. The molecule has 0 saturated carbocycles. The van der Waals surface area contributed by atoms with Gasteiger partial charge in [0.15, 0.2) is 0 Å². The normalized spacial score (nSPS) is 25.4. The summed E-state index contributed by atoms with van der Waals surface area (Å²) in [6, 6.07) is -0.516. The van der Waals surface area contributed by atoms with Gasteiger partial charge in [-0.2, -0.15) is 0 Å². The Morgan fingerprint density at radius 3 is 2.47 bits per heavy atom. The predicted octanol–water partition coefficient (Wildman–Crippen LogP) is 2.47. The zero-order valence-electron chi connectivity index (χ0n) is 12.7. The highest BCUT2D eigenvalue weighted by Crippen LogP contribution is 2.19. The Labute approximate surface area is 116 Å². The molecule has 19 heavy (non-hydrogen) atoms. The molecule has 0 bridgehead atoms. The van der Waals surface area contributed by atoms with E-state index in [1.165, 1.54) is 19.3 Å². The number of hydrogen-bond donors (Lipinski definition) is 1. The van der Waals surface area contributed by atoms with Crippen molar-refractivity contribution < 1.29 is 9.59 Å². The molecule has 4 heteroatoms. The van der Waals surface area contributed by atoms with Crippen LogP contribution in [0.3, 0.4) is 0 Å². The summed E-state index contributed by atoms with van der Waals surface area (Å²) in [4.78, 5) is 26.0. The fourth-order valence-electron chi connectivity index (χ4n) is 2.73. The third-order valence-corrected chi connectivity index (χ3v) is 4.02. The summed E-state index contributed by atoms with van der Waals surface area (Å²) in [5.41, 5.74) is 0. The first-order valence-electron chi connectivity index (χ1n) is 7.65. The molecular weight excluding hydrogens is 240 g/mol. The smallest absolute Gasteiger partial charge is 0.246 e. The second-order valence-corrected chi connectivity index (χ2v) is 5.59. The van der Waals surface area contributed by atoms with Gasteiger partial charge < -0.3 is 10.2 Å². The highest BCUT2D eigenvalue weighted by Gasteiger charge is 2.39. The van der Waals surface area contributed by atoms with Gasteiger partial charge in [0.25, 0.3) is 0 Å². The van der Waals surface area contributed by atoms with Crippen molar-refractivity contribution in [2.75, 3.05) is 0 Å². The largest absolute Gasteiger partial charge is 0.343 e. The maximum absolute atomic E-state index is 12.4. The summed E-state index contributed by atoms with van der Waals surface area (Å²) in [5, 5.41) is 2.80. The van der Waals surface area contributed by atoms with Crippen molar-refractivity contribution >= 4 is 11.8 Å². The minimum absolute atomic E-state index is 0.0214. The molecule has 1 heterocycles. The van der Waals surface area contributed by atoms with Crippen LogP contribution in [0.2, 0.25) is 0 Å². The van der Waals surface area contributed by atoms with Crippen LogP contribution >= 0.6 is 0 Å². The van der Waals surface area contributed by atoms with Crippen molar-refractivity contribution in [2.24, 2.45) is 0 Å². The number of carbonyl (C=O) groups is 2. The minimum atomic E-state index is -0.337. The summed E-state index contributed by atoms with van der Waals surface area (Å²) in [5.74, 6) is 0.0597. The second kappa shape index (κ2) is 7.51. The van der Waals surface area contributed by atoms with E-state index in [9.17, 15) is 9.59 Å². The third kappa shape index (κ3) is 3.95. The van der Waals surface area contributed by atoms with E-state index >= 15 is 0 Å². The Bertz CT molecular complexity index is 317. The molecule has 0 aromatic heterocycles. The zero-order chi connectivity index (χ0) is 14.4. The number of nitrogens with one attached hydrogen (secondary N) is 1. The van der Waals surface area contributed by atoms with Crippen molar-refractivity contribution in [1.82, 2.24) is 10.2 Å². The van der Waals surface area contributed by atoms with E-state index < -0.39 is 0 Å². The molecule has 2 amide bonds. The SMILES string of the molecule is CCCCCCC(C)N1C(=O)C(CC)NC(=O)C1C. The van der Waals surface area contributed by atoms with Gasteiger partial charge in [0.05, 0.1) is 0 Å². The van der Waals surface area contributed by atoms with Crippen LogP contribution in [0.5, 0.6) is 0 Å². The molecule has 3 unspecified atom stereocenters. The first-order chi connectivity index (χ1) is 9.02. The zero-order valence-corrected chi connectivity index (χ0v) is 12.7. The lowest BCUT2D eigenvalue weighted by atomic mass is 10.0. The molecule has 0 aromatic rings. The summed E-state index contributed by atoms with van der Waals surface area (Å²) in [6.45, 7) is 8.01. The van der Waals surface area contributed by atoms with Gasteiger partial charge >= 0.3 is 0 Å². The van der Waals surface area contributed by atoms with Crippen molar-refractivity contribution in [3.05, 3.63) is 0 Å². The standard InChI is InChI=1S/C15H28N2O2/c1-5-7-8-9-10-11(3)17-12(4)14(18)16-13(6-2)15(17)19/h11-13H,5-10H2,1-4H3,(H,16,18). The molecule has 0 aromatic carbocycles. The van der Waals surface area contributed by atoms with Gasteiger partial charge in [0.2, 0.25) is 11.8 Å². The number of hydrogen-bond acceptors (Lipinski definition) is 2. The molecular formula is C15H28N2O2. The average Bonchev–Trinajstić information content (AvgIpc) is 2.39. The Morgan fingerprint density at radius 2 is 1.89 bits per heavy atom. The first kappa shape index (κ1) is 16.0. The molecule has 0 radical (unpaired) electrons. The van der Waals surface area contributed by atoms with Crippen molar-refractivity contribution in [1.29, 1.82) is 0 Å². The van der Waals surface area contributed by atoms with Crippen LogP contribution in [0.4, 0.5) is 0 Å². The fraction of sp³-hybridized carbons (Fsp3) is 0.867. The van der Waals surface area contributed by atoms with Crippen LogP contribution in [0.1, 0.15) is 66.2 Å². The van der Waals surface area contributed by atoms with E-state index in [2.05, 4.69) is 19.2 Å². The number of piperazine rings is 1. The molecule has 1 rings (SSSR count). The van der Waals surface area contributed by atoms with E-state index in [1.54, 1.807) is 4.90 Å². The van der Waals surface area contributed by atoms with Crippen LogP contribution in [0.25, 0.3) is 0 Å². The Hall–Kier alpha value is -1.06. The molecule has 1 saturated heterocycles. The van der Waals surface area contributed by atoms with Crippen LogP contribution < -0.4 is 5.32 Å².